The minimum absolute atomic E-state index is 0.00753. The van der Waals surface area contributed by atoms with Crippen LogP contribution in [-0.2, 0) is 6.61 Å². The van der Waals surface area contributed by atoms with Gasteiger partial charge in [-0.3, -0.25) is 4.79 Å². The summed E-state index contributed by atoms with van der Waals surface area (Å²) < 4.78 is 13.5. The number of hydrogen-bond donors (Lipinski definition) is 2. The van der Waals surface area contributed by atoms with Gasteiger partial charge in [-0.1, -0.05) is 24.3 Å². The van der Waals surface area contributed by atoms with E-state index < -0.39 is 11.7 Å². The molecule has 0 aromatic heterocycles. The molecule has 0 atom stereocenters. The van der Waals surface area contributed by atoms with Crippen LogP contribution in [0.5, 0.6) is 0 Å². The van der Waals surface area contributed by atoms with Crippen molar-refractivity contribution in [2.45, 2.75) is 13.5 Å². The van der Waals surface area contributed by atoms with Gasteiger partial charge in [-0.25, -0.2) is 4.39 Å². The van der Waals surface area contributed by atoms with E-state index in [0.29, 0.717) is 5.69 Å². The third-order valence-electron chi connectivity index (χ3n) is 2.84. The van der Waals surface area contributed by atoms with Crippen molar-refractivity contribution in [2.75, 3.05) is 5.32 Å². The zero-order valence-corrected chi connectivity index (χ0v) is 10.5. The van der Waals surface area contributed by atoms with Crippen LogP contribution in [0.25, 0.3) is 0 Å². The molecule has 0 spiro atoms. The highest BCUT2D eigenvalue weighted by Gasteiger charge is 2.11. The molecule has 19 heavy (non-hydrogen) atoms. The summed E-state index contributed by atoms with van der Waals surface area (Å²) in [6, 6.07) is 11.0. The maximum atomic E-state index is 13.5. The van der Waals surface area contributed by atoms with E-state index in [1.54, 1.807) is 24.3 Å². The molecule has 98 valence electrons. The standard InChI is InChI=1S/C15H14FNO2/c1-10-8-11(9-18)6-7-14(10)17-15(19)12-4-2-3-5-13(12)16/h2-8,18H,9H2,1H3,(H,17,19). The Kier molecular flexibility index (Phi) is 3.92. The zero-order chi connectivity index (χ0) is 13.8. The molecule has 0 aliphatic carbocycles. The van der Waals surface area contributed by atoms with Gasteiger partial charge in [0.1, 0.15) is 5.82 Å². The number of rotatable bonds is 3. The maximum Gasteiger partial charge on any atom is 0.258 e. The number of carbonyl (C=O) groups is 1. The third-order valence-corrected chi connectivity index (χ3v) is 2.84. The van der Waals surface area contributed by atoms with Crippen molar-refractivity contribution in [1.29, 1.82) is 0 Å². The lowest BCUT2D eigenvalue weighted by Crippen LogP contribution is -2.14. The molecule has 0 unspecified atom stereocenters. The van der Waals surface area contributed by atoms with Crippen molar-refractivity contribution in [3.05, 3.63) is 65.0 Å². The zero-order valence-electron chi connectivity index (χ0n) is 10.5. The van der Waals surface area contributed by atoms with Crippen molar-refractivity contribution in [1.82, 2.24) is 0 Å². The van der Waals surface area contributed by atoms with Crippen LogP contribution >= 0.6 is 0 Å². The molecule has 2 aromatic carbocycles. The van der Waals surface area contributed by atoms with Crippen LogP contribution in [-0.4, -0.2) is 11.0 Å². The van der Waals surface area contributed by atoms with Gasteiger partial charge in [-0.2, -0.15) is 0 Å². The lowest BCUT2D eigenvalue weighted by Gasteiger charge is -2.10. The second kappa shape index (κ2) is 5.63. The fourth-order valence-electron chi connectivity index (χ4n) is 1.80. The Morgan fingerprint density at radius 3 is 2.63 bits per heavy atom. The average molecular weight is 259 g/mol. The molecule has 4 heteroatoms. The van der Waals surface area contributed by atoms with Crippen LogP contribution in [0.15, 0.2) is 42.5 Å². The first-order valence-corrected chi connectivity index (χ1v) is 5.88. The van der Waals surface area contributed by atoms with Gasteiger partial charge in [0.05, 0.1) is 12.2 Å². The van der Waals surface area contributed by atoms with Gasteiger partial charge in [0.2, 0.25) is 0 Å². The highest BCUT2D eigenvalue weighted by molar-refractivity contribution is 6.04. The Balaban J connectivity index is 2.22. The number of benzene rings is 2. The summed E-state index contributed by atoms with van der Waals surface area (Å²) in [6.07, 6.45) is 0. The molecule has 0 aliphatic rings. The summed E-state index contributed by atoms with van der Waals surface area (Å²) in [5.41, 5.74) is 2.19. The number of aliphatic hydroxyl groups excluding tert-OH is 1. The molecule has 0 heterocycles. The van der Waals surface area contributed by atoms with Gasteiger partial charge in [0.15, 0.2) is 0 Å². The molecule has 0 bridgehead atoms. The van der Waals surface area contributed by atoms with E-state index in [-0.39, 0.29) is 12.2 Å². The fourth-order valence-corrected chi connectivity index (χ4v) is 1.80. The topological polar surface area (TPSA) is 49.3 Å². The molecule has 2 N–H and O–H groups in total. The summed E-state index contributed by atoms with van der Waals surface area (Å²) in [7, 11) is 0. The number of halogens is 1. The minimum atomic E-state index is -0.551. The van der Waals surface area contributed by atoms with Gasteiger partial charge in [-0.05, 0) is 36.2 Å². The molecule has 1 amide bonds. The van der Waals surface area contributed by atoms with E-state index in [1.165, 1.54) is 18.2 Å². The second-order valence-corrected chi connectivity index (χ2v) is 4.24. The largest absolute Gasteiger partial charge is 0.392 e. The van der Waals surface area contributed by atoms with Crippen LogP contribution in [0.2, 0.25) is 0 Å². The number of amides is 1. The lowest BCUT2D eigenvalue weighted by atomic mass is 10.1. The van der Waals surface area contributed by atoms with Crippen LogP contribution in [0.4, 0.5) is 10.1 Å². The van der Waals surface area contributed by atoms with Crippen LogP contribution in [0.1, 0.15) is 21.5 Å². The van der Waals surface area contributed by atoms with Crippen molar-refractivity contribution >= 4 is 11.6 Å². The summed E-state index contributed by atoms with van der Waals surface area (Å²) in [5.74, 6) is -1.04. The van der Waals surface area contributed by atoms with Crippen molar-refractivity contribution < 1.29 is 14.3 Å². The van der Waals surface area contributed by atoms with Gasteiger partial charge in [0.25, 0.3) is 5.91 Å². The summed E-state index contributed by atoms with van der Waals surface area (Å²) in [4.78, 5) is 11.9. The van der Waals surface area contributed by atoms with Crippen LogP contribution < -0.4 is 5.32 Å². The van der Waals surface area contributed by atoms with E-state index in [1.807, 2.05) is 6.92 Å². The summed E-state index contributed by atoms with van der Waals surface area (Å²) >= 11 is 0. The van der Waals surface area contributed by atoms with E-state index in [2.05, 4.69) is 5.32 Å². The predicted molar refractivity (Wildman–Crippen MR) is 71.5 cm³/mol. The maximum absolute atomic E-state index is 13.5. The van der Waals surface area contributed by atoms with Gasteiger partial charge >= 0.3 is 0 Å². The third kappa shape index (κ3) is 2.98. The smallest absolute Gasteiger partial charge is 0.258 e. The van der Waals surface area contributed by atoms with Crippen molar-refractivity contribution in [3.8, 4) is 0 Å². The fraction of sp³-hybridized carbons (Fsp3) is 0.133. The molecule has 2 rings (SSSR count). The SMILES string of the molecule is Cc1cc(CO)ccc1NC(=O)c1ccccc1F. The minimum Gasteiger partial charge on any atom is -0.392 e. The molecule has 0 aliphatic heterocycles. The quantitative estimate of drug-likeness (QED) is 0.890. The van der Waals surface area contributed by atoms with E-state index in [9.17, 15) is 9.18 Å². The lowest BCUT2D eigenvalue weighted by molar-refractivity contribution is 0.102. The molecular weight excluding hydrogens is 245 g/mol. The number of carbonyl (C=O) groups excluding carboxylic acids is 1. The molecule has 0 saturated heterocycles. The average Bonchev–Trinajstić information content (AvgIpc) is 2.41. The van der Waals surface area contributed by atoms with Crippen LogP contribution in [0, 0.1) is 12.7 Å². The van der Waals surface area contributed by atoms with E-state index >= 15 is 0 Å². The van der Waals surface area contributed by atoms with Crippen LogP contribution in [0.3, 0.4) is 0 Å². The Labute approximate surface area is 110 Å². The van der Waals surface area contributed by atoms with Crippen molar-refractivity contribution in [3.63, 3.8) is 0 Å². The molecule has 0 saturated carbocycles. The number of hydrogen-bond acceptors (Lipinski definition) is 2. The van der Waals surface area contributed by atoms with E-state index in [4.69, 9.17) is 5.11 Å². The number of anilines is 1. The number of aliphatic hydroxyl groups is 1. The van der Waals surface area contributed by atoms with Gasteiger partial charge < -0.3 is 10.4 Å². The molecule has 0 fully saturated rings. The normalized spacial score (nSPS) is 10.3. The first-order valence-electron chi connectivity index (χ1n) is 5.88. The van der Waals surface area contributed by atoms with Gasteiger partial charge in [0, 0.05) is 5.69 Å². The number of aryl methyl sites for hydroxylation is 1. The molecular formula is C15H14FNO2. The number of nitrogens with one attached hydrogen (secondary N) is 1. The van der Waals surface area contributed by atoms with Crippen molar-refractivity contribution in [2.24, 2.45) is 0 Å². The summed E-state index contributed by atoms with van der Waals surface area (Å²) in [5, 5.41) is 11.7. The summed E-state index contributed by atoms with van der Waals surface area (Å²) in [6.45, 7) is 1.76. The molecule has 3 nitrogen and oxygen atoms in total. The molecule has 0 radical (unpaired) electrons. The Morgan fingerprint density at radius 1 is 1.26 bits per heavy atom. The Morgan fingerprint density at radius 2 is 2.00 bits per heavy atom. The highest BCUT2D eigenvalue weighted by Crippen LogP contribution is 2.18. The highest BCUT2D eigenvalue weighted by atomic mass is 19.1. The molecule has 2 aromatic rings. The monoisotopic (exact) mass is 259 g/mol. The first kappa shape index (κ1) is 13.2. The Bertz CT molecular complexity index is 611. The van der Waals surface area contributed by atoms with E-state index in [0.717, 1.165) is 11.1 Å². The predicted octanol–water partition coefficient (Wildman–Crippen LogP) is 2.88. The Hall–Kier alpha value is -2.20. The van der Waals surface area contributed by atoms with Gasteiger partial charge in [-0.15, -0.1) is 0 Å². The first-order chi connectivity index (χ1) is 9.11. The second-order valence-electron chi connectivity index (χ2n) is 4.24.